The van der Waals surface area contributed by atoms with Gasteiger partial charge in [-0.1, -0.05) is 18.3 Å². The van der Waals surface area contributed by atoms with Crippen LogP contribution in [0.4, 0.5) is 5.13 Å². The van der Waals surface area contributed by atoms with Crippen molar-refractivity contribution in [3.05, 3.63) is 10.6 Å². The maximum Gasteiger partial charge on any atom is 0.263 e. The van der Waals surface area contributed by atoms with Crippen molar-refractivity contribution in [3.8, 4) is 0 Å². The number of carbonyl (C=O) groups excluding carboxylic acids is 1. The summed E-state index contributed by atoms with van der Waals surface area (Å²) in [6, 6.07) is 0. The minimum Gasteiger partial charge on any atom is -0.375 e. The van der Waals surface area contributed by atoms with E-state index in [-0.39, 0.29) is 5.91 Å². The molecule has 0 bridgehead atoms. The van der Waals surface area contributed by atoms with Gasteiger partial charge in [0.2, 0.25) is 0 Å². The smallest absolute Gasteiger partial charge is 0.263 e. The van der Waals surface area contributed by atoms with Crippen molar-refractivity contribution >= 4 is 22.4 Å². The molecule has 1 aliphatic rings. The number of carbonyl (C=O) groups is 1. The van der Waals surface area contributed by atoms with Gasteiger partial charge in [-0.05, 0) is 38.8 Å². The van der Waals surface area contributed by atoms with Crippen molar-refractivity contribution in [2.24, 2.45) is 5.92 Å². The second-order valence-electron chi connectivity index (χ2n) is 5.29. The standard InChI is InChI=1S/C13H22N4OS/c1-9(8-17-5-3-4-6-17)7-15-12(18)11-10(2)16-13(14)19-11/h9H,3-8H2,1-2H3,(H2,14,16)(H,15,18). The fraction of sp³-hybridized carbons (Fsp3) is 0.692. The number of hydrogen-bond acceptors (Lipinski definition) is 5. The Morgan fingerprint density at radius 1 is 1.53 bits per heavy atom. The van der Waals surface area contributed by atoms with Gasteiger partial charge in [-0.15, -0.1) is 0 Å². The van der Waals surface area contributed by atoms with E-state index in [1.807, 2.05) is 6.92 Å². The molecule has 0 aliphatic carbocycles. The molecule has 5 nitrogen and oxygen atoms in total. The highest BCUT2D eigenvalue weighted by molar-refractivity contribution is 7.17. The third-order valence-electron chi connectivity index (χ3n) is 3.40. The van der Waals surface area contributed by atoms with Gasteiger partial charge in [0.05, 0.1) is 5.69 Å². The van der Waals surface area contributed by atoms with Crippen LogP contribution in [0.1, 0.15) is 35.1 Å². The lowest BCUT2D eigenvalue weighted by Gasteiger charge is -2.20. The molecule has 1 amide bonds. The van der Waals surface area contributed by atoms with Crippen molar-refractivity contribution in [3.63, 3.8) is 0 Å². The molecule has 1 fully saturated rings. The first-order valence-electron chi connectivity index (χ1n) is 6.79. The molecule has 106 valence electrons. The van der Waals surface area contributed by atoms with Crippen molar-refractivity contribution < 1.29 is 4.79 Å². The number of anilines is 1. The van der Waals surface area contributed by atoms with Gasteiger partial charge >= 0.3 is 0 Å². The molecule has 1 saturated heterocycles. The van der Waals surface area contributed by atoms with Crippen LogP contribution in [0.15, 0.2) is 0 Å². The second kappa shape index (κ2) is 6.34. The Bertz CT molecular complexity index is 440. The van der Waals surface area contributed by atoms with Crippen molar-refractivity contribution in [1.29, 1.82) is 0 Å². The summed E-state index contributed by atoms with van der Waals surface area (Å²) in [5, 5.41) is 3.43. The number of nitrogens with one attached hydrogen (secondary N) is 1. The van der Waals surface area contributed by atoms with Crippen LogP contribution in [0.2, 0.25) is 0 Å². The Labute approximate surface area is 118 Å². The molecule has 1 aliphatic heterocycles. The van der Waals surface area contributed by atoms with E-state index in [0.29, 0.717) is 28.2 Å². The van der Waals surface area contributed by atoms with Gasteiger partial charge in [0.25, 0.3) is 5.91 Å². The summed E-state index contributed by atoms with van der Waals surface area (Å²) in [7, 11) is 0. The van der Waals surface area contributed by atoms with Crippen LogP contribution in [0.3, 0.4) is 0 Å². The van der Waals surface area contributed by atoms with Crippen LogP contribution in [0.5, 0.6) is 0 Å². The predicted octanol–water partition coefficient (Wildman–Crippen LogP) is 1.50. The molecule has 0 radical (unpaired) electrons. The number of rotatable bonds is 5. The van der Waals surface area contributed by atoms with Crippen molar-refractivity contribution in [1.82, 2.24) is 15.2 Å². The van der Waals surface area contributed by atoms with Crippen LogP contribution in [0, 0.1) is 12.8 Å². The average Bonchev–Trinajstić information content (AvgIpc) is 2.96. The summed E-state index contributed by atoms with van der Waals surface area (Å²) < 4.78 is 0. The normalized spacial score (nSPS) is 17.6. The zero-order valence-corrected chi connectivity index (χ0v) is 12.4. The molecular formula is C13H22N4OS. The molecule has 0 aromatic carbocycles. The first-order chi connectivity index (χ1) is 9.06. The zero-order chi connectivity index (χ0) is 13.8. The molecule has 1 aromatic rings. The Morgan fingerprint density at radius 2 is 2.21 bits per heavy atom. The number of nitrogens with zero attached hydrogens (tertiary/aromatic N) is 2. The highest BCUT2D eigenvalue weighted by Gasteiger charge is 2.17. The molecule has 0 saturated carbocycles. The molecule has 1 unspecified atom stereocenters. The lowest BCUT2D eigenvalue weighted by atomic mass is 10.1. The first kappa shape index (κ1) is 14.3. The molecular weight excluding hydrogens is 260 g/mol. The number of nitrogens with two attached hydrogens (primary N) is 1. The Hall–Kier alpha value is -1.14. The van der Waals surface area contributed by atoms with Crippen LogP contribution in [-0.4, -0.2) is 42.0 Å². The molecule has 2 heterocycles. The number of likely N-dealkylation sites (tertiary alicyclic amines) is 1. The number of hydrogen-bond donors (Lipinski definition) is 2. The van der Waals surface area contributed by atoms with Gasteiger partial charge in [-0.25, -0.2) is 4.98 Å². The van der Waals surface area contributed by atoms with Crippen LogP contribution >= 0.6 is 11.3 Å². The van der Waals surface area contributed by atoms with Gasteiger partial charge in [0.1, 0.15) is 4.88 Å². The second-order valence-corrected chi connectivity index (χ2v) is 6.32. The Morgan fingerprint density at radius 3 is 2.79 bits per heavy atom. The number of aryl methyl sites for hydroxylation is 1. The SMILES string of the molecule is Cc1nc(N)sc1C(=O)NCC(C)CN1CCCC1. The number of aromatic nitrogens is 1. The average molecular weight is 282 g/mol. The third-order valence-corrected chi connectivity index (χ3v) is 4.38. The van der Waals surface area contributed by atoms with E-state index in [1.54, 1.807) is 0 Å². The topological polar surface area (TPSA) is 71.2 Å². The van der Waals surface area contributed by atoms with E-state index >= 15 is 0 Å². The summed E-state index contributed by atoms with van der Waals surface area (Å²) in [6.07, 6.45) is 2.61. The van der Waals surface area contributed by atoms with Crippen LogP contribution in [-0.2, 0) is 0 Å². The van der Waals surface area contributed by atoms with E-state index in [9.17, 15) is 4.79 Å². The van der Waals surface area contributed by atoms with E-state index in [2.05, 4.69) is 22.1 Å². The molecule has 0 spiro atoms. The van der Waals surface area contributed by atoms with Gasteiger partial charge in [0.15, 0.2) is 5.13 Å². The largest absolute Gasteiger partial charge is 0.375 e. The molecule has 2 rings (SSSR count). The summed E-state index contributed by atoms with van der Waals surface area (Å²) in [4.78, 5) is 19.2. The Balaban J connectivity index is 1.78. The maximum absolute atomic E-state index is 12.0. The lowest BCUT2D eigenvalue weighted by molar-refractivity contribution is 0.0948. The van der Waals surface area contributed by atoms with Gasteiger partial charge < -0.3 is 16.0 Å². The number of amides is 1. The fourth-order valence-electron chi connectivity index (χ4n) is 2.45. The summed E-state index contributed by atoms with van der Waals surface area (Å²) in [6.45, 7) is 8.14. The van der Waals surface area contributed by atoms with Gasteiger partial charge in [-0.3, -0.25) is 4.79 Å². The van der Waals surface area contributed by atoms with E-state index in [0.717, 1.165) is 6.54 Å². The molecule has 6 heteroatoms. The predicted molar refractivity (Wildman–Crippen MR) is 78.4 cm³/mol. The van der Waals surface area contributed by atoms with Crippen LogP contribution in [0.25, 0.3) is 0 Å². The van der Waals surface area contributed by atoms with Crippen molar-refractivity contribution in [2.75, 3.05) is 31.9 Å². The minimum atomic E-state index is -0.0556. The minimum absolute atomic E-state index is 0.0556. The first-order valence-corrected chi connectivity index (χ1v) is 7.61. The van der Waals surface area contributed by atoms with Crippen LogP contribution < -0.4 is 11.1 Å². The van der Waals surface area contributed by atoms with E-state index < -0.39 is 0 Å². The molecule has 1 atom stereocenters. The third kappa shape index (κ3) is 3.91. The summed E-state index contributed by atoms with van der Waals surface area (Å²) in [5.74, 6) is 0.410. The molecule has 19 heavy (non-hydrogen) atoms. The monoisotopic (exact) mass is 282 g/mol. The van der Waals surface area contributed by atoms with Crippen molar-refractivity contribution in [2.45, 2.75) is 26.7 Å². The molecule has 3 N–H and O–H groups in total. The van der Waals surface area contributed by atoms with Gasteiger partial charge in [0, 0.05) is 13.1 Å². The quantitative estimate of drug-likeness (QED) is 0.858. The number of nitrogen functional groups attached to an aromatic ring is 1. The maximum atomic E-state index is 12.0. The molecule has 1 aromatic heterocycles. The fourth-order valence-corrected chi connectivity index (χ4v) is 3.20. The summed E-state index contributed by atoms with van der Waals surface area (Å²) >= 11 is 1.25. The highest BCUT2D eigenvalue weighted by atomic mass is 32.1. The van der Waals surface area contributed by atoms with E-state index in [1.165, 1.54) is 37.3 Å². The zero-order valence-electron chi connectivity index (χ0n) is 11.6. The van der Waals surface area contributed by atoms with Gasteiger partial charge in [-0.2, -0.15) is 0 Å². The Kier molecular flexibility index (Phi) is 4.76. The highest BCUT2D eigenvalue weighted by Crippen LogP contribution is 2.19. The summed E-state index contributed by atoms with van der Waals surface area (Å²) in [5.41, 5.74) is 6.32. The number of thiazole rings is 1. The van der Waals surface area contributed by atoms with E-state index in [4.69, 9.17) is 5.73 Å². The lowest BCUT2D eigenvalue weighted by Crippen LogP contribution is -2.34.